The predicted octanol–water partition coefficient (Wildman–Crippen LogP) is -0.118. The van der Waals surface area contributed by atoms with E-state index in [9.17, 15) is 9.59 Å². The number of aromatic nitrogens is 1. The first-order chi connectivity index (χ1) is 9.56. The zero-order valence-corrected chi connectivity index (χ0v) is 11.2. The van der Waals surface area contributed by atoms with Crippen molar-refractivity contribution in [2.45, 2.75) is 11.3 Å². The Morgan fingerprint density at radius 1 is 1.45 bits per heavy atom. The van der Waals surface area contributed by atoms with Crippen molar-refractivity contribution in [3.05, 3.63) is 24.3 Å². The fourth-order valence-corrected chi connectivity index (χ4v) is 2.07. The van der Waals surface area contributed by atoms with Crippen molar-refractivity contribution in [2.24, 2.45) is 5.73 Å². The van der Waals surface area contributed by atoms with Gasteiger partial charge in [-0.05, 0) is 12.1 Å². The maximum Gasteiger partial charge on any atom is 0.257 e. The number of nitrogens with two attached hydrogens (primary N) is 1. The number of carbonyl (C=O) groups excluding carboxylic acids is 2. The molecule has 4 N–H and O–H groups in total. The van der Waals surface area contributed by atoms with Gasteiger partial charge in [0.05, 0.1) is 12.3 Å². The molecule has 2 amide bonds. The molecule has 0 bridgehead atoms. The zero-order chi connectivity index (χ0) is 14.5. The van der Waals surface area contributed by atoms with Crippen molar-refractivity contribution >= 4 is 34.7 Å². The molecule has 1 aromatic carbocycles. The maximum atomic E-state index is 11.5. The van der Waals surface area contributed by atoms with E-state index in [0.717, 1.165) is 17.3 Å². The van der Waals surface area contributed by atoms with Crippen LogP contribution in [0.1, 0.15) is 0 Å². The number of primary amides is 1. The molecule has 8 heteroatoms. The lowest BCUT2D eigenvalue weighted by Crippen LogP contribution is -2.40. The molecule has 2 aromatic rings. The number of nitrogens with one attached hydrogen (secondary N) is 1. The van der Waals surface area contributed by atoms with E-state index in [4.69, 9.17) is 15.3 Å². The van der Waals surface area contributed by atoms with Gasteiger partial charge in [0.15, 0.2) is 5.58 Å². The van der Waals surface area contributed by atoms with Crippen LogP contribution in [0, 0.1) is 0 Å². The number of amides is 2. The van der Waals surface area contributed by atoms with E-state index in [1.807, 2.05) is 18.2 Å². The first-order valence-corrected chi connectivity index (χ1v) is 6.77. The van der Waals surface area contributed by atoms with Crippen LogP contribution in [0.2, 0.25) is 0 Å². The number of fused-ring (bicyclic) bond motifs is 1. The van der Waals surface area contributed by atoms with Crippen LogP contribution in [0.15, 0.2) is 33.9 Å². The number of oxazole rings is 1. The number of para-hydroxylation sites is 2. The lowest BCUT2D eigenvalue weighted by Gasteiger charge is -2.07. The summed E-state index contributed by atoms with van der Waals surface area (Å²) in [5.74, 6) is -1.16. The highest BCUT2D eigenvalue weighted by Gasteiger charge is 2.13. The minimum absolute atomic E-state index is 0.0678. The summed E-state index contributed by atoms with van der Waals surface area (Å²) in [6.45, 7) is -0.206. The summed E-state index contributed by atoms with van der Waals surface area (Å²) in [4.78, 5) is 26.3. The summed E-state index contributed by atoms with van der Waals surface area (Å²) in [5, 5.41) is 11.9. The molecule has 0 aliphatic carbocycles. The number of thioether (sulfide) groups is 1. The van der Waals surface area contributed by atoms with E-state index >= 15 is 0 Å². The van der Waals surface area contributed by atoms with Gasteiger partial charge in [0.25, 0.3) is 5.22 Å². The number of carbonyl (C=O) groups is 2. The predicted molar refractivity (Wildman–Crippen MR) is 72.9 cm³/mol. The van der Waals surface area contributed by atoms with Crippen LogP contribution in [0.4, 0.5) is 0 Å². The molecule has 2 rings (SSSR count). The highest BCUT2D eigenvalue weighted by atomic mass is 32.2. The van der Waals surface area contributed by atoms with Crippen molar-refractivity contribution in [1.82, 2.24) is 10.3 Å². The molecule has 0 aliphatic heterocycles. The molecule has 20 heavy (non-hydrogen) atoms. The Kier molecular flexibility index (Phi) is 4.59. The Morgan fingerprint density at radius 2 is 2.20 bits per heavy atom. The van der Waals surface area contributed by atoms with Gasteiger partial charge in [0, 0.05) is 0 Å². The van der Waals surface area contributed by atoms with Crippen molar-refractivity contribution in [2.75, 3.05) is 12.3 Å². The van der Waals surface area contributed by atoms with Crippen LogP contribution < -0.4 is 11.1 Å². The molecule has 0 fully saturated rings. The average Bonchev–Trinajstić information content (AvgIpc) is 2.85. The third kappa shape index (κ3) is 3.72. The molecule has 1 aromatic heterocycles. The van der Waals surface area contributed by atoms with Gasteiger partial charge in [-0.1, -0.05) is 23.9 Å². The summed E-state index contributed by atoms with van der Waals surface area (Å²) in [6, 6.07) is 7.28. The third-order valence-electron chi connectivity index (χ3n) is 2.42. The van der Waals surface area contributed by atoms with Gasteiger partial charge in [-0.2, -0.15) is 0 Å². The summed E-state index contributed by atoms with van der Waals surface area (Å²) in [7, 11) is 0. The third-order valence-corrected chi connectivity index (χ3v) is 3.25. The highest BCUT2D eigenvalue weighted by molar-refractivity contribution is 7.99. The molecule has 0 saturated carbocycles. The van der Waals surface area contributed by atoms with Crippen LogP contribution in [-0.4, -0.2) is 40.3 Å². The van der Waals surface area contributed by atoms with E-state index in [1.54, 1.807) is 6.07 Å². The minimum atomic E-state index is -1.38. The van der Waals surface area contributed by atoms with Crippen LogP contribution in [0.25, 0.3) is 11.1 Å². The summed E-state index contributed by atoms with van der Waals surface area (Å²) in [5.41, 5.74) is 6.23. The summed E-state index contributed by atoms with van der Waals surface area (Å²) in [6.07, 6.45) is -1.38. The van der Waals surface area contributed by atoms with Crippen molar-refractivity contribution < 1.29 is 19.1 Å². The van der Waals surface area contributed by atoms with E-state index < -0.39 is 12.0 Å². The van der Waals surface area contributed by atoms with E-state index in [0.29, 0.717) is 10.8 Å². The van der Waals surface area contributed by atoms with Gasteiger partial charge in [-0.3, -0.25) is 9.59 Å². The second-order valence-corrected chi connectivity index (χ2v) is 4.89. The quantitative estimate of drug-likeness (QED) is 0.639. The van der Waals surface area contributed by atoms with Gasteiger partial charge in [-0.15, -0.1) is 0 Å². The molecular weight excluding hydrogens is 282 g/mol. The van der Waals surface area contributed by atoms with Gasteiger partial charge >= 0.3 is 0 Å². The molecule has 1 atom stereocenters. The molecular formula is C12H13N3O4S. The van der Waals surface area contributed by atoms with Crippen LogP contribution in [0.5, 0.6) is 0 Å². The standard InChI is InChI=1S/C12H13N3O4S/c13-11(18)8(16)5-14-10(17)6-20-12-15-7-3-1-2-4-9(7)19-12/h1-4,8,16H,5-6H2,(H2,13,18)(H,14,17). The lowest BCUT2D eigenvalue weighted by atomic mass is 10.3. The summed E-state index contributed by atoms with van der Waals surface area (Å²) >= 11 is 1.13. The second kappa shape index (κ2) is 6.40. The van der Waals surface area contributed by atoms with Gasteiger partial charge in [0.1, 0.15) is 11.6 Å². The number of aliphatic hydroxyl groups is 1. The molecule has 7 nitrogen and oxygen atoms in total. The summed E-state index contributed by atoms with van der Waals surface area (Å²) < 4.78 is 5.43. The maximum absolute atomic E-state index is 11.5. The van der Waals surface area contributed by atoms with Gasteiger partial charge in [-0.25, -0.2) is 4.98 Å². The zero-order valence-electron chi connectivity index (χ0n) is 10.4. The van der Waals surface area contributed by atoms with E-state index in [2.05, 4.69) is 10.3 Å². The first-order valence-electron chi connectivity index (χ1n) is 5.78. The van der Waals surface area contributed by atoms with Gasteiger partial charge < -0.3 is 20.6 Å². The fourth-order valence-electron chi connectivity index (χ4n) is 1.40. The van der Waals surface area contributed by atoms with E-state index in [-0.39, 0.29) is 18.2 Å². The number of rotatable bonds is 6. The van der Waals surface area contributed by atoms with Crippen LogP contribution >= 0.6 is 11.8 Å². The Bertz CT molecular complexity index is 595. The molecule has 0 spiro atoms. The normalized spacial score (nSPS) is 12.2. The Labute approximate surface area is 118 Å². The van der Waals surface area contributed by atoms with E-state index in [1.165, 1.54) is 0 Å². The number of hydrogen-bond acceptors (Lipinski definition) is 6. The number of aliphatic hydroxyl groups excluding tert-OH is 1. The highest BCUT2D eigenvalue weighted by Crippen LogP contribution is 2.22. The smallest absolute Gasteiger partial charge is 0.257 e. The first kappa shape index (κ1) is 14.4. The number of hydrogen-bond donors (Lipinski definition) is 3. The number of nitrogens with zero attached hydrogens (tertiary/aromatic N) is 1. The topological polar surface area (TPSA) is 118 Å². The molecule has 0 saturated heterocycles. The van der Waals surface area contributed by atoms with Crippen molar-refractivity contribution in [3.63, 3.8) is 0 Å². The SMILES string of the molecule is NC(=O)C(O)CNC(=O)CSc1nc2ccccc2o1. The monoisotopic (exact) mass is 295 g/mol. The van der Waals surface area contributed by atoms with Crippen LogP contribution in [0.3, 0.4) is 0 Å². The second-order valence-electron chi connectivity index (χ2n) is 3.96. The van der Waals surface area contributed by atoms with Crippen LogP contribution in [-0.2, 0) is 9.59 Å². The molecule has 106 valence electrons. The van der Waals surface area contributed by atoms with Gasteiger partial charge in [0.2, 0.25) is 11.8 Å². The van der Waals surface area contributed by atoms with Crippen molar-refractivity contribution in [3.8, 4) is 0 Å². The molecule has 0 radical (unpaired) electrons. The Balaban J connectivity index is 1.82. The largest absolute Gasteiger partial charge is 0.431 e. The lowest BCUT2D eigenvalue weighted by molar-refractivity contribution is -0.126. The molecule has 1 heterocycles. The Hall–Kier alpha value is -2.06. The average molecular weight is 295 g/mol. The van der Waals surface area contributed by atoms with Crippen molar-refractivity contribution in [1.29, 1.82) is 0 Å². The Morgan fingerprint density at radius 3 is 2.90 bits per heavy atom. The number of benzene rings is 1. The fraction of sp³-hybridized carbons (Fsp3) is 0.250. The minimum Gasteiger partial charge on any atom is -0.431 e. The molecule has 1 unspecified atom stereocenters. The molecule has 0 aliphatic rings.